The second-order valence-electron chi connectivity index (χ2n) is 5.15. The Kier molecular flexibility index (Phi) is 4.83. The Morgan fingerprint density at radius 2 is 1.86 bits per heavy atom. The monoisotopic (exact) mass is 319 g/mol. The van der Waals surface area contributed by atoms with E-state index in [1.54, 1.807) is 6.07 Å². The van der Waals surface area contributed by atoms with Crippen molar-refractivity contribution in [1.29, 1.82) is 0 Å². The van der Waals surface area contributed by atoms with Crippen molar-refractivity contribution in [3.05, 3.63) is 58.6 Å². The molecule has 4 nitrogen and oxygen atoms in total. The first-order valence-electron chi connectivity index (χ1n) is 7.26. The molecule has 0 aromatic heterocycles. The van der Waals surface area contributed by atoms with Gasteiger partial charge < -0.3 is 19.9 Å². The molecule has 22 heavy (non-hydrogen) atoms. The summed E-state index contributed by atoms with van der Waals surface area (Å²) in [4.78, 5) is 0. The van der Waals surface area contributed by atoms with Gasteiger partial charge in [0.1, 0.15) is 13.2 Å². The van der Waals surface area contributed by atoms with Crippen molar-refractivity contribution in [2.75, 3.05) is 19.8 Å². The third kappa shape index (κ3) is 3.53. The fraction of sp³-hybridized carbons (Fsp3) is 0.294. The SMILES string of the molecule is OC(CNCc1ccc2c(c1)OCCO2)c1ccccc1Cl. The Balaban J connectivity index is 1.56. The Labute approximate surface area is 134 Å². The minimum absolute atomic E-state index is 0.429. The highest BCUT2D eigenvalue weighted by Crippen LogP contribution is 2.30. The van der Waals surface area contributed by atoms with E-state index >= 15 is 0 Å². The van der Waals surface area contributed by atoms with E-state index < -0.39 is 6.10 Å². The van der Waals surface area contributed by atoms with E-state index in [9.17, 15) is 5.11 Å². The number of aliphatic hydroxyl groups is 1. The second kappa shape index (κ2) is 7.01. The summed E-state index contributed by atoms with van der Waals surface area (Å²) in [6, 6.07) is 13.2. The normalized spacial score (nSPS) is 14.6. The molecule has 0 fully saturated rings. The quantitative estimate of drug-likeness (QED) is 0.889. The van der Waals surface area contributed by atoms with E-state index in [4.69, 9.17) is 21.1 Å². The predicted molar refractivity (Wildman–Crippen MR) is 85.6 cm³/mol. The van der Waals surface area contributed by atoms with E-state index in [1.165, 1.54) is 0 Å². The van der Waals surface area contributed by atoms with Gasteiger partial charge in [-0.25, -0.2) is 0 Å². The van der Waals surface area contributed by atoms with Crippen LogP contribution < -0.4 is 14.8 Å². The molecule has 1 unspecified atom stereocenters. The first-order chi connectivity index (χ1) is 10.7. The summed E-state index contributed by atoms with van der Waals surface area (Å²) in [5.41, 5.74) is 1.81. The molecule has 0 spiro atoms. The van der Waals surface area contributed by atoms with E-state index in [2.05, 4.69) is 5.32 Å². The molecule has 0 aliphatic carbocycles. The van der Waals surface area contributed by atoms with E-state index in [1.807, 2.05) is 36.4 Å². The maximum atomic E-state index is 10.2. The average molecular weight is 320 g/mol. The van der Waals surface area contributed by atoms with Crippen LogP contribution in [-0.4, -0.2) is 24.9 Å². The van der Waals surface area contributed by atoms with Gasteiger partial charge in [-0.3, -0.25) is 0 Å². The number of ether oxygens (including phenoxy) is 2. The molecule has 0 amide bonds. The molecule has 1 heterocycles. The number of nitrogens with one attached hydrogen (secondary N) is 1. The van der Waals surface area contributed by atoms with Gasteiger partial charge in [0, 0.05) is 23.7 Å². The van der Waals surface area contributed by atoms with E-state index in [0.717, 1.165) is 22.6 Å². The summed E-state index contributed by atoms with van der Waals surface area (Å²) in [7, 11) is 0. The van der Waals surface area contributed by atoms with Crippen molar-refractivity contribution < 1.29 is 14.6 Å². The first-order valence-corrected chi connectivity index (χ1v) is 7.63. The third-order valence-corrected chi connectivity index (χ3v) is 3.88. The molecule has 0 radical (unpaired) electrons. The molecule has 0 saturated carbocycles. The van der Waals surface area contributed by atoms with Crippen LogP contribution in [0.4, 0.5) is 0 Å². The summed E-state index contributed by atoms with van der Waals surface area (Å²) in [6.45, 7) is 2.24. The minimum atomic E-state index is -0.633. The molecule has 1 aliphatic heterocycles. The largest absolute Gasteiger partial charge is 0.486 e. The van der Waals surface area contributed by atoms with Gasteiger partial charge in [0.2, 0.25) is 0 Å². The maximum Gasteiger partial charge on any atom is 0.161 e. The van der Waals surface area contributed by atoms with Gasteiger partial charge in [-0.2, -0.15) is 0 Å². The molecule has 5 heteroatoms. The smallest absolute Gasteiger partial charge is 0.161 e. The topological polar surface area (TPSA) is 50.7 Å². The fourth-order valence-corrected chi connectivity index (χ4v) is 2.67. The third-order valence-electron chi connectivity index (χ3n) is 3.54. The summed E-state index contributed by atoms with van der Waals surface area (Å²) in [5.74, 6) is 1.56. The van der Waals surface area contributed by atoms with Gasteiger partial charge in [0.05, 0.1) is 6.10 Å². The van der Waals surface area contributed by atoms with Crippen molar-refractivity contribution >= 4 is 11.6 Å². The Hall–Kier alpha value is -1.75. The van der Waals surface area contributed by atoms with Crippen LogP contribution in [0.15, 0.2) is 42.5 Å². The lowest BCUT2D eigenvalue weighted by Gasteiger charge is -2.19. The summed E-state index contributed by atoms with van der Waals surface area (Å²) < 4.78 is 11.0. The maximum absolute atomic E-state index is 10.2. The van der Waals surface area contributed by atoms with Crippen LogP contribution in [0.1, 0.15) is 17.2 Å². The Morgan fingerprint density at radius 1 is 1.09 bits per heavy atom. The molecule has 3 rings (SSSR count). The molecule has 0 saturated heterocycles. The molecule has 2 aromatic rings. The van der Waals surface area contributed by atoms with Crippen LogP contribution in [0, 0.1) is 0 Å². The highest BCUT2D eigenvalue weighted by atomic mass is 35.5. The number of rotatable bonds is 5. The van der Waals surface area contributed by atoms with E-state index in [0.29, 0.717) is 31.3 Å². The van der Waals surface area contributed by atoms with Crippen LogP contribution in [0.5, 0.6) is 11.5 Å². The van der Waals surface area contributed by atoms with Crippen LogP contribution >= 0.6 is 11.6 Å². The van der Waals surface area contributed by atoms with Crippen molar-refractivity contribution in [3.63, 3.8) is 0 Å². The number of aliphatic hydroxyl groups excluding tert-OH is 1. The molecule has 116 valence electrons. The minimum Gasteiger partial charge on any atom is -0.486 e. The molecule has 1 atom stereocenters. The molecular formula is C17H18ClNO3. The number of hydrogen-bond donors (Lipinski definition) is 2. The Bertz CT molecular complexity index is 648. The number of hydrogen-bond acceptors (Lipinski definition) is 4. The highest BCUT2D eigenvalue weighted by Gasteiger charge is 2.13. The number of benzene rings is 2. The van der Waals surface area contributed by atoms with Crippen molar-refractivity contribution in [2.45, 2.75) is 12.6 Å². The van der Waals surface area contributed by atoms with Crippen molar-refractivity contribution in [2.24, 2.45) is 0 Å². The fourth-order valence-electron chi connectivity index (χ4n) is 2.41. The summed E-state index contributed by atoms with van der Waals surface area (Å²) >= 11 is 6.08. The molecule has 2 N–H and O–H groups in total. The molecular weight excluding hydrogens is 302 g/mol. The zero-order valence-electron chi connectivity index (χ0n) is 12.1. The standard InChI is InChI=1S/C17H18ClNO3/c18-14-4-2-1-3-13(14)15(20)11-19-10-12-5-6-16-17(9-12)22-8-7-21-16/h1-6,9,15,19-20H,7-8,10-11H2. The Morgan fingerprint density at radius 3 is 2.68 bits per heavy atom. The molecule has 2 aromatic carbocycles. The van der Waals surface area contributed by atoms with Gasteiger partial charge in [-0.05, 0) is 23.8 Å². The zero-order chi connectivity index (χ0) is 15.4. The average Bonchev–Trinajstić information content (AvgIpc) is 2.55. The predicted octanol–water partition coefficient (Wildman–Crippen LogP) is 2.93. The van der Waals surface area contributed by atoms with Gasteiger partial charge in [-0.15, -0.1) is 0 Å². The lowest BCUT2D eigenvalue weighted by molar-refractivity contribution is 0.170. The number of halogens is 1. The first kappa shape index (κ1) is 15.2. The van der Waals surface area contributed by atoms with Gasteiger partial charge in [0.25, 0.3) is 0 Å². The van der Waals surface area contributed by atoms with Crippen LogP contribution in [-0.2, 0) is 6.54 Å². The van der Waals surface area contributed by atoms with Gasteiger partial charge >= 0.3 is 0 Å². The van der Waals surface area contributed by atoms with Crippen LogP contribution in [0.2, 0.25) is 5.02 Å². The molecule has 0 bridgehead atoms. The van der Waals surface area contributed by atoms with Crippen LogP contribution in [0.25, 0.3) is 0 Å². The van der Waals surface area contributed by atoms with Crippen LogP contribution in [0.3, 0.4) is 0 Å². The lowest BCUT2D eigenvalue weighted by Crippen LogP contribution is -2.21. The van der Waals surface area contributed by atoms with Crippen molar-refractivity contribution in [3.8, 4) is 11.5 Å². The summed E-state index contributed by atoms with van der Waals surface area (Å²) in [5, 5.41) is 14.0. The zero-order valence-corrected chi connectivity index (χ0v) is 12.8. The van der Waals surface area contributed by atoms with Gasteiger partial charge in [-0.1, -0.05) is 35.9 Å². The summed E-state index contributed by atoms with van der Waals surface area (Å²) in [6.07, 6.45) is -0.633. The van der Waals surface area contributed by atoms with E-state index in [-0.39, 0.29) is 0 Å². The second-order valence-corrected chi connectivity index (χ2v) is 5.55. The molecule has 1 aliphatic rings. The van der Waals surface area contributed by atoms with Gasteiger partial charge in [0.15, 0.2) is 11.5 Å². The number of fused-ring (bicyclic) bond motifs is 1. The van der Waals surface area contributed by atoms with Crippen molar-refractivity contribution in [1.82, 2.24) is 5.32 Å². The lowest BCUT2D eigenvalue weighted by atomic mass is 10.1. The highest BCUT2D eigenvalue weighted by molar-refractivity contribution is 6.31.